The molecule has 1 aromatic rings. The first-order valence-corrected chi connectivity index (χ1v) is 4.39. The van der Waals surface area contributed by atoms with Crippen LogP contribution in [0.25, 0.3) is 6.08 Å². The van der Waals surface area contributed by atoms with E-state index in [0.717, 1.165) is 12.8 Å². The summed E-state index contributed by atoms with van der Waals surface area (Å²) in [7, 11) is 0. The van der Waals surface area contributed by atoms with Crippen molar-refractivity contribution in [3.8, 4) is 0 Å². The van der Waals surface area contributed by atoms with Crippen LogP contribution in [0.2, 0.25) is 0 Å². The van der Waals surface area contributed by atoms with Crippen LogP contribution in [0.4, 0.5) is 0 Å². The molecular formula is C11H13N. The summed E-state index contributed by atoms with van der Waals surface area (Å²) in [6, 6.07) is 8.57. The fourth-order valence-electron chi connectivity index (χ4n) is 1.64. The van der Waals surface area contributed by atoms with Gasteiger partial charge < -0.3 is 5.73 Å². The summed E-state index contributed by atoms with van der Waals surface area (Å²) in [5.74, 6) is 0. The molecule has 0 amide bonds. The Morgan fingerprint density at radius 1 is 1.25 bits per heavy atom. The first-order valence-electron chi connectivity index (χ1n) is 4.39. The molecule has 1 atom stereocenters. The van der Waals surface area contributed by atoms with Gasteiger partial charge in [-0.3, -0.25) is 0 Å². The molecule has 0 bridgehead atoms. The minimum atomic E-state index is 0.219. The molecule has 0 spiro atoms. The van der Waals surface area contributed by atoms with Gasteiger partial charge in [0.15, 0.2) is 0 Å². The highest BCUT2D eigenvalue weighted by Gasteiger charge is 2.10. The summed E-state index contributed by atoms with van der Waals surface area (Å²) in [6.45, 7) is 0. The number of nitrogens with two attached hydrogens (primary N) is 1. The summed E-state index contributed by atoms with van der Waals surface area (Å²) in [4.78, 5) is 0. The highest BCUT2D eigenvalue weighted by molar-refractivity contribution is 5.55. The van der Waals surface area contributed by atoms with Crippen molar-refractivity contribution < 1.29 is 0 Å². The van der Waals surface area contributed by atoms with Crippen molar-refractivity contribution in [2.75, 3.05) is 0 Å². The minimum absolute atomic E-state index is 0.219. The van der Waals surface area contributed by atoms with Crippen LogP contribution in [0.15, 0.2) is 30.3 Å². The average Bonchev–Trinajstić information content (AvgIpc) is 2.29. The monoisotopic (exact) mass is 159 g/mol. The second-order valence-corrected chi connectivity index (χ2v) is 3.22. The minimum Gasteiger partial charge on any atom is -0.324 e. The van der Waals surface area contributed by atoms with Crippen LogP contribution >= 0.6 is 0 Å². The lowest BCUT2D eigenvalue weighted by molar-refractivity contribution is 0.665. The van der Waals surface area contributed by atoms with E-state index >= 15 is 0 Å². The van der Waals surface area contributed by atoms with E-state index in [9.17, 15) is 0 Å². The van der Waals surface area contributed by atoms with E-state index in [0.29, 0.717) is 0 Å². The van der Waals surface area contributed by atoms with E-state index < -0.39 is 0 Å². The van der Waals surface area contributed by atoms with Crippen LogP contribution in [-0.2, 0) is 0 Å². The van der Waals surface area contributed by atoms with E-state index in [1.165, 1.54) is 11.1 Å². The number of allylic oxidation sites excluding steroid dienone is 1. The molecule has 0 heterocycles. The third kappa shape index (κ3) is 1.28. The molecule has 1 aliphatic rings. The molecule has 2 rings (SSSR count). The number of benzene rings is 1. The van der Waals surface area contributed by atoms with Crippen molar-refractivity contribution in [2.45, 2.75) is 18.9 Å². The molecule has 1 unspecified atom stereocenters. The predicted molar refractivity (Wildman–Crippen MR) is 51.6 cm³/mol. The standard InChI is InChI=1S/C11H13N/c12-11-8-4-2-6-9-5-1-3-7-10(9)11/h1-3,5-7,11H,4,8,12H2. The Balaban J connectivity index is 2.49. The zero-order valence-electron chi connectivity index (χ0n) is 7.03. The summed E-state index contributed by atoms with van der Waals surface area (Å²) in [5, 5.41) is 0. The number of hydrogen-bond donors (Lipinski definition) is 1. The third-order valence-electron chi connectivity index (χ3n) is 2.34. The van der Waals surface area contributed by atoms with Gasteiger partial charge in [-0.15, -0.1) is 0 Å². The zero-order chi connectivity index (χ0) is 8.39. The van der Waals surface area contributed by atoms with Crippen LogP contribution in [0.3, 0.4) is 0 Å². The largest absolute Gasteiger partial charge is 0.324 e. The Kier molecular flexibility index (Phi) is 1.96. The zero-order valence-corrected chi connectivity index (χ0v) is 7.03. The molecule has 0 aliphatic heterocycles. The maximum absolute atomic E-state index is 6.01. The first kappa shape index (κ1) is 7.56. The predicted octanol–water partition coefficient (Wildman–Crippen LogP) is 2.49. The van der Waals surface area contributed by atoms with Crippen molar-refractivity contribution >= 4 is 6.08 Å². The maximum Gasteiger partial charge on any atom is 0.0303 e. The van der Waals surface area contributed by atoms with Gasteiger partial charge in [0, 0.05) is 6.04 Å². The van der Waals surface area contributed by atoms with Crippen LogP contribution in [0.1, 0.15) is 30.0 Å². The highest BCUT2D eigenvalue weighted by atomic mass is 14.6. The Hall–Kier alpha value is -1.08. The second-order valence-electron chi connectivity index (χ2n) is 3.22. The summed E-state index contributed by atoms with van der Waals surface area (Å²) < 4.78 is 0. The van der Waals surface area contributed by atoms with Crippen LogP contribution in [0.5, 0.6) is 0 Å². The molecule has 0 saturated carbocycles. The van der Waals surface area contributed by atoms with Gasteiger partial charge in [-0.05, 0) is 24.0 Å². The van der Waals surface area contributed by atoms with Gasteiger partial charge in [0.1, 0.15) is 0 Å². The number of rotatable bonds is 0. The molecule has 1 nitrogen and oxygen atoms in total. The van der Waals surface area contributed by atoms with Crippen molar-refractivity contribution in [2.24, 2.45) is 5.73 Å². The molecule has 2 N–H and O–H groups in total. The molecule has 0 aromatic heterocycles. The quantitative estimate of drug-likeness (QED) is 0.618. The Morgan fingerprint density at radius 2 is 2.08 bits per heavy atom. The van der Waals surface area contributed by atoms with Gasteiger partial charge in [-0.1, -0.05) is 36.4 Å². The van der Waals surface area contributed by atoms with Crippen LogP contribution in [-0.4, -0.2) is 0 Å². The third-order valence-corrected chi connectivity index (χ3v) is 2.34. The lowest BCUT2D eigenvalue weighted by atomic mass is 10.0. The van der Waals surface area contributed by atoms with Crippen LogP contribution < -0.4 is 5.73 Å². The van der Waals surface area contributed by atoms with Gasteiger partial charge in [0.2, 0.25) is 0 Å². The van der Waals surface area contributed by atoms with Gasteiger partial charge in [-0.2, -0.15) is 0 Å². The lowest BCUT2D eigenvalue weighted by Gasteiger charge is -2.10. The number of hydrogen-bond acceptors (Lipinski definition) is 1. The summed E-state index contributed by atoms with van der Waals surface area (Å²) in [5.41, 5.74) is 8.57. The lowest BCUT2D eigenvalue weighted by Crippen LogP contribution is -2.09. The second kappa shape index (κ2) is 3.11. The molecular weight excluding hydrogens is 146 g/mol. The van der Waals surface area contributed by atoms with Gasteiger partial charge in [-0.25, -0.2) is 0 Å². The summed E-state index contributed by atoms with van der Waals surface area (Å²) >= 11 is 0. The fourth-order valence-corrected chi connectivity index (χ4v) is 1.64. The smallest absolute Gasteiger partial charge is 0.0303 e. The average molecular weight is 159 g/mol. The molecule has 12 heavy (non-hydrogen) atoms. The molecule has 0 saturated heterocycles. The topological polar surface area (TPSA) is 26.0 Å². The van der Waals surface area contributed by atoms with E-state index in [1.54, 1.807) is 0 Å². The first-order chi connectivity index (χ1) is 5.88. The Morgan fingerprint density at radius 3 is 3.00 bits per heavy atom. The molecule has 62 valence electrons. The fraction of sp³-hybridized carbons (Fsp3) is 0.273. The maximum atomic E-state index is 6.01. The van der Waals surface area contributed by atoms with Crippen LogP contribution in [0, 0.1) is 0 Å². The van der Waals surface area contributed by atoms with Crippen molar-refractivity contribution in [3.05, 3.63) is 41.5 Å². The number of fused-ring (bicyclic) bond motifs is 1. The normalized spacial score (nSPS) is 21.6. The Bertz CT molecular complexity index is 302. The van der Waals surface area contributed by atoms with Crippen molar-refractivity contribution in [1.29, 1.82) is 0 Å². The summed E-state index contributed by atoms with van der Waals surface area (Å²) in [6.07, 6.45) is 6.53. The molecule has 1 aromatic carbocycles. The molecule has 1 aliphatic carbocycles. The van der Waals surface area contributed by atoms with Gasteiger partial charge in [0.05, 0.1) is 0 Å². The van der Waals surface area contributed by atoms with Crippen molar-refractivity contribution in [1.82, 2.24) is 0 Å². The SMILES string of the molecule is NC1CCC=Cc2ccccc21. The molecule has 1 heteroatoms. The van der Waals surface area contributed by atoms with Gasteiger partial charge >= 0.3 is 0 Å². The molecule has 0 radical (unpaired) electrons. The van der Waals surface area contributed by atoms with E-state index in [-0.39, 0.29) is 6.04 Å². The molecule has 0 fully saturated rings. The van der Waals surface area contributed by atoms with Gasteiger partial charge in [0.25, 0.3) is 0 Å². The van der Waals surface area contributed by atoms with E-state index in [4.69, 9.17) is 5.73 Å². The van der Waals surface area contributed by atoms with Crippen molar-refractivity contribution in [3.63, 3.8) is 0 Å². The van der Waals surface area contributed by atoms with E-state index in [1.807, 2.05) is 0 Å². The Labute approximate surface area is 72.9 Å². The highest BCUT2D eigenvalue weighted by Crippen LogP contribution is 2.24. The van der Waals surface area contributed by atoms with E-state index in [2.05, 4.69) is 36.4 Å².